The number of methoxy groups -OCH3 is 2. The Morgan fingerprint density at radius 1 is 1.11 bits per heavy atom. The summed E-state index contributed by atoms with van der Waals surface area (Å²) in [6.45, 7) is 5.39. The molecule has 5 heteroatoms. The first-order chi connectivity index (χ1) is 13.0. The summed E-state index contributed by atoms with van der Waals surface area (Å²) in [7, 11) is 3.32. The maximum absolute atomic E-state index is 12.6. The van der Waals surface area contributed by atoms with Gasteiger partial charge in [0.05, 0.1) is 20.8 Å². The van der Waals surface area contributed by atoms with Crippen molar-refractivity contribution in [2.75, 3.05) is 32.6 Å². The van der Waals surface area contributed by atoms with Crippen LogP contribution in [0.1, 0.15) is 35.6 Å². The Labute approximate surface area is 161 Å². The summed E-state index contributed by atoms with van der Waals surface area (Å²) in [5.74, 6) is 1.59. The third-order valence-electron chi connectivity index (χ3n) is 5.30. The Balaban J connectivity index is 1.71. The van der Waals surface area contributed by atoms with Crippen LogP contribution in [0.5, 0.6) is 11.5 Å². The summed E-state index contributed by atoms with van der Waals surface area (Å²) >= 11 is 0. The molecule has 1 aliphatic heterocycles. The fraction of sp³-hybridized carbons (Fsp3) is 0.409. The lowest BCUT2D eigenvalue weighted by Crippen LogP contribution is -2.33. The summed E-state index contributed by atoms with van der Waals surface area (Å²) in [6.07, 6.45) is 2.08. The van der Waals surface area contributed by atoms with Crippen molar-refractivity contribution in [1.29, 1.82) is 0 Å². The largest absolute Gasteiger partial charge is 0.497 e. The molecule has 1 amide bonds. The maximum atomic E-state index is 12.6. The highest BCUT2D eigenvalue weighted by Gasteiger charge is 2.29. The van der Waals surface area contributed by atoms with E-state index < -0.39 is 0 Å². The summed E-state index contributed by atoms with van der Waals surface area (Å²) in [5.41, 5.74) is 4.35. The number of carbonyl (C=O) groups is 1. The number of hydrogen-bond donors (Lipinski definition) is 1. The molecule has 1 aliphatic rings. The molecule has 1 saturated heterocycles. The zero-order chi connectivity index (χ0) is 19.4. The first-order valence-electron chi connectivity index (χ1n) is 9.35. The predicted octanol–water partition coefficient (Wildman–Crippen LogP) is 4.10. The first kappa shape index (κ1) is 19.2. The second kappa shape index (κ2) is 8.44. The smallest absolute Gasteiger partial charge is 0.238 e. The average Bonchev–Trinajstić information content (AvgIpc) is 3.11. The van der Waals surface area contributed by atoms with Gasteiger partial charge in [-0.2, -0.15) is 0 Å². The van der Waals surface area contributed by atoms with E-state index in [-0.39, 0.29) is 11.9 Å². The number of benzene rings is 2. The van der Waals surface area contributed by atoms with Crippen LogP contribution < -0.4 is 14.8 Å². The van der Waals surface area contributed by atoms with Crippen LogP contribution in [-0.4, -0.2) is 38.1 Å². The van der Waals surface area contributed by atoms with Crippen LogP contribution in [-0.2, 0) is 4.79 Å². The van der Waals surface area contributed by atoms with Crippen molar-refractivity contribution in [3.63, 3.8) is 0 Å². The van der Waals surface area contributed by atoms with Crippen LogP contribution in [0.3, 0.4) is 0 Å². The Bertz CT molecular complexity index is 819. The molecule has 0 aromatic heterocycles. The molecule has 0 spiro atoms. The van der Waals surface area contributed by atoms with Crippen LogP contribution in [0.2, 0.25) is 0 Å². The molecule has 27 heavy (non-hydrogen) atoms. The van der Waals surface area contributed by atoms with E-state index in [1.165, 1.54) is 11.1 Å². The number of nitrogens with one attached hydrogen (secondary N) is 1. The number of rotatable bonds is 6. The van der Waals surface area contributed by atoms with E-state index in [1.807, 2.05) is 36.4 Å². The summed E-state index contributed by atoms with van der Waals surface area (Å²) in [4.78, 5) is 14.8. The quantitative estimate of drug-likeness (QED) is 0.834. The average molecular weight is 368 g/mol. The lowest BCUT2D eigenvalue weighted by molar-refractivity contribution is -0.117. The van der Waals surface area contributed by atoms with E-state index in [1.54, 1.807) is 14.2 Å². The van der Waals surface area contributed by atoms with Crippen molar-refractivity contribution < 1.29 is 14.3 Å². The van der Waals surface area contributed by atoms with E-state index in [0.29, 0.717) is 6.54 Å². The van der Waals surface area contributed by atoms with Crippen LogP contribution in [0.15, 0.2) is 36.4 Å². The predicted molar refractivity (Wildman–Crippen MR) is 108 cm³/mol. The van der Waals surface area contributed by atoms with Crippen molar-refractivity contribution >= 4 is 11.6 Å². The molecule has 3 rings (SSSR count). The standard InChI is InChI=1S/C22H28N2O3/c1-15-7-8-17(12-16(15)2)23-22(25)14-24-11-5-6-20(24)19-10-9-18(26-3)13-21(19)27-4/h7-10,12-13,20H,5-6,11,14H2,1-4H3,(H,23,25)/t20-/m0/s1. The molecule has 0 aliphatic carbocycles. The highest BCUT2D eigenvalue weighted by molar-refractivity contribution is 5.92. The van der Waals surface area contributed by atoms with Crippen LogP contribution in [0, 0.1) is 13.8 Å². The molecule has 0 saturated carbocycles. The second-order valence-corrected chi connectivity index (χ2v) is 7.08. The second-order valence-electron chi connectivity index (χ2n) is 7.08. The minimum atomic E-state index is 0.0117. The number of carbonyl (C=O) groups excluding carboxylic acids is 1. The van der Waals surface area contributed by atoms with Gasteiger partial charge in [-0.25, -0.2) is 0 Å². The zero-order valence-electron chi connectivity index (χ0n) is 16.5. The van der Waals surface area contributed by atoms with Gasteiger partial charge in [0.2, 0.25) is 5.91 Å². The van der Waals surface area contributed by atoms with Crippen molar-refractivity contribution in [3.05, 3.63) is 53.1 Å². The van der Waals surface area contributed by atoms with E-state index in [2.05, 4.69) is 24.1 Å². The molecule has 144 valence electrons. The normalized spacial score (nSPS) is 17.0. The first-order valence-corrected chi connectivity index (χ1v) is 9.35. The van der Waals surface area contributed by atoms with Gasteiger partial charge in [0.25, 0.3) is 0 Å². The SMILES string of the molecule is COc1ccc([C@@H]2CCCN2CC(=O)Nc2ccc(C)c(C)c2)c(OC)c1. The number of anilines is 1. The zero-order valence-corrected chi connectivity index (χ0v) is 16.5. The fourth-order valence-corrected chi connectivity index (χ4v) is 3.67. The third-order valence-corrected chi connectivity index (χ3v) is 5.30. The Morgan fingerprint density at radius 3 is 2.63 bits per heavy atom. The Hall–Kier alpha value is -2.53. The monoisotopic (exact) mass is 368 g/mol. The van der Waals surface area contributed by atoms with Crippen molar-refractivity contribution in [3.8, 4) is 11.5 Å². The number of nitrogens with zero attached hydrogens (tertiary/aromatic N) is 1. The van der Waals surface area contributed by atoms with Gasteiger partial charge in [-0.05, 0) is 62.6 Å². The van der Waals surface area contributed by atoms with Crippen LogP contribution in [0.25, 0.3) is 0 Å². The molecule has 0 radical (unpaired) electrons. The van der Waals surface area contributed by atoms with Gasteiger partial charge in [0.15, 0.2) is 0 Å². The fourth-order valence-electron chi connectivity index (χ4n) is 3.67. The molecule has 1 atom stereocenters. The highest BCUT2D eigenvalue weighted by atomic mass is 16.5. The number of aryl methyl sites for hydroxylation is 2. The van der Waals surface area contributed by atoms with Gasteiger partial charge >= 0.3 is 0 Å². The van der Waals surface area contributed by atoms with Crippen LogP contribution in [0.4, 0.5) is 5.69 Å². The summed E-state index contributed by atoms with van der Waals surface area (Å²) in [5, 5.41) is 3.02. The molecule has 1 N–H and O–H groups in total. The molecule has 0 bridgehead atoms. The molecule has 0 unspecified atom stereocenters. The molecule has 2 aromatic rings. The third kappa shape index (κ3) is 4.42. The number of hydrogen-bond acceptors (Lipinski definition) is 4. The van der Waals surface area contributed by atoms with E-state index in [9.17, 15) is 4.79 Å². The number of likely N-dealkylation sites (tertiary alicyclic amines) is 1. The maximum Gasteiger partial charge on any atom is 0.238 e. The van der Waals surface area contributed by atoms with Gasteiger partial charge in [-0.15, -0.1) is 0 Å². The number of amides is 1. The molecular formula is C22H28N2O3. The van der Waals surface area contributed by atoms with Gasteiger partial charge in [-0.1, -0.05) is 12.1 Å². The molecule has 2 aromatic carbocycles. The molecule has 1 heterocycles. The molecule has 1 fully saturated rings. The van der Waals surface area contributed by atoms with E-state index in [4.69, 9.17) is 9.47 Å². The van der Waals surface area contributed by atoms with Gasteiger partial charge < -0.3 is 14.8 Å². The minimum Gasteiger partial charge on any atom is -0.497 e. The Kier molecular flexibility index (Phi) is 6.01. The Morgan fingerprint density at radius 2 is 1.93 bits per heavy atom. The highest BCUT2D eigenvalue weighted by Crippen LogP contribution is 2.38. The van der Waals surface area contributed by atoms with Gasteiger partial charge in [-0.3, -0.25) is 9.69 Å². The summed E-state index contributed by atoms with van der Waals surface area (Å²) in [6, 6.07) is 12.1. The topological polar surface area (TPSA) is 50.8 Å². The van der Waals surface area contributed by atoms with Gasteiger partial charge in [0, 0.05) is 23.4 Å². The van der Waals surface area contributed by atoms with Crippen LogP contribution >= 0.6 is 0 Å². The summed E-state index contributed by atoms with van der Waals surface area (Å²) < 4.78 is 10.9. The minimum absolute atomic E-state index is 0.0117. The lowest BCUT2D eigenvalue weighted by atomic mass is 10.0. The van der Waals surface area contributed by atoms with Crippen molar-refractivity contribution in [1.82, 2.24) is 4.90 Å². The number of ether oxygens (including phenoxy) is 2. The van der Waals surface area contributed by atoms with E-state index >= 15 is 0 Å². The van der Waals surface area contributed by atoms with Crippen molar-refractivity contribution in [2.45, 2.75) is 32.7 Å². The molecule has 5 nitrogen and oxygen atoms in total. The van der Waals surface area contributed by atoms with Crippen molar-refractivity contribution in [2.24, 2.45) is 0 Å². The van der Waals surface area contributed by atoms with Gasteiger partial charge in [0.1, 0.15) is 11.5 Å². The lowest BCUT2D eigenvalue weighted by Gasteiger charge is -2.26. The molecular weight excluding hydrogens is 340 g/mol. The van der Waals surface area contributed by atoms with E-state index in [0.717, 1.165) is 42.1 Å².